The Morgan fingerprint density at radius 1 is 1.26 bits per heavy atom. The highest BCUT2D eigenvalue weighted by Gasteiger charge is 2.35. The van der Waals surface area contributed by atoms with Gasteiger partial charge in [0.1, 0.15) is 0 Å². The summed E-state index contributed by atoms with van der Waals surface area (Å²) in [6.07, 6.45) is 4.44. The summed E-state index contributed by atoms with van der Waals surface area (Å²) in [7, 11) is -2.13. The van der Waals surface area contributed by atoms with Crippen LogP contribution >= 0.6 is 0 Å². The number of hydrogen-bond acceptors (Lipinski definition) is 4. The first kappa shape index (κ1) is 17.9. The summed E-state index contributed by atoms with van der Waals surface area (Å²) in [5.74, 6) is -0.161. The fourth-order valence-electron chi connectivity index (χ4n) is 2.90. The van der Waals surface area contributed by atoms with Crippen LogP contribution in [0.3, 0.4) is 0 Å². The predicted octanol–water partition coefficient (Wildman–Crippen LogP) is 1.43. The molecule has 128 valence electrons. The van der Waals surface area contributed by atoms with Gasteiger partial charge >= 0.3 is 0 Å². The molecule has 7 heteroatoms. The summed E-state index contributed by atoms with van der Waals surface area (Å²) in [6, 6.07) is 6.25. The maximum atomic E-state index is 12.5. The molecule has 1 atom stereocenters. The van der Waals surface area contributed by atoms with Crippen molar-refractivity contribution in [3.63, 3.8) is 0 Å². The van der Waals surface area contributed by atoms with Crippen LogP contribution in [0.2, 0.25) is 0 Å². The van der Waals surface area contributed by atoms with E-state index in [9.17, 15) is 13.2 Å². The quantitative estimate of drug-likeness (QED) is 0.755. The molecule has 2 rings (SSSR count). The van der Waals surface area contributed by atoms with Gasteiger partial charge in [0.05, 0.1) is 16.5 Å². The van der Waals surface area contributed by atoms with Crippen molar-refractivity contribution >= 4 is 15.9 Å². The summed E-state index contributed by atoms with van der Waals surface area (Å²) in [6.45, 7) is 1.83. The number of nitrogens with one attached hydrogen (secondary N) is 2. The van der Waals surface area contributed by atoms with E-state index >= 15 is 0 Å². The molecule has 1 aliphatic rings. The maximum Gasteiger partial charge on any atom is 0.240 e. The van der Waals surface area contributed by atoms with Crippen molar-refractivity contribution in [3.05, 3.63) is 29.8 Å². The fraction of sp³-hybridized carbons (Fsp3) is 0.562. The second-order valence-electron chi connectivity index (χ2n) is 6.19. The Kier molecular flexibility index (Phi) is 5.44. The zero-order valence-corrected chi connectivity index (χ0v) is 14.4. The third-order valence-electron chi connectivity index (χ3n) is 4.48. The zero-order chi connectivity index (χ0) is 17.1. The van der Waals surface area contributed by atoms with E-state index in [0.717, 1.165) is 24.8 Å². The molecule has 1 aromatic carbocycles. The third kappa shape index (κ3) is 4.10. The predicted molar refractivity (Wildman–Crippen MR) is 89.2 cm³/mol. The number of amides is 1. The van der Waals surface area contributed by atoms with Gasteiger partial charge in [-0.1, -0.05) is 31.4 Å². The number of sulfonamides is 1. The molecule has 6 nitrogen and oxygen atoms in total. The van der Waals surface area contributed by atoms with Crippen LogP contribution in [0.1, 0.15) is 50.6 Å². The van der Waals surface area contributed by atoms with Crippen molar-refractivity contribution in [2.75, 3.05) is 7.05 Å². The topological polar surface area (TPSA) is 101 Å². The van der Waals surface area contributed by atoms with E-state index in [2.05, 4.69) is 10.0 Å². The van der Waals surface area contributed by atoms with Crippen LogP contribution in [0, 0.1) is 0 Å². The molecule has 0 saturated heterocycles. The summed E-state index contributed by atoms with van der Waals surface area (Å²) in [5, 5.41) is 2.92. The first-order chi connectivity index (χ1) is 10.8. The maximum absolute atomic E-state index is 12.5. The van der Waals surface area contributed by atoms with E-state index in [-0.39, 0.29) is 16.8 Å². The molecular weight excluding hydrogens is 314 g/mol. The van der Waals surface area contributed by atoms with Gasteiger partial charge in [0.25, 0.3) is 0 Å². The zero-order valence-electron chi connectivity index (χ0n) is 13.6. The van der Waals surface area contributed by atoms with Crippen LogP contribution < -0.4 is 15.8 Å². The van der Waals surface area contributed by atoms with E-state index in [1.807, 2.05) is 6.92 Å². The van der Waals surface area contributed by atoms with Crippen molar-refractivity contribution < 1.29 is 13.2 Å². The minimum absolute atomic E-state index is 0.161. The molecule has 0 heterocycles. The second kappa shape index (κ2) is 6.98. The van der Waals surface area contributed by atoms with Crippen molar-refractivity contribution in [1.82, 2.24) is 10.0 Å². The molecule has 23 heavy (non-hydrogen) atoms. The largest absolute Gasteiger partial charge is 0.348 e. The van der Waals surface area contributed by atoms with Crippen LogP contribution in [0.25, 0.3) is 0 Å². The first-order valence-electron chi connectivity index (χ1n) is 7.92. The third-order valence-corrected chi connectivity index (χ3v) is 5.89. The van der Waals surface area contributed by atoms with Gasteiger partial charge in [-0.25, -0.2) is 13.1 Å². The Morgan fingerprint density at radius 3 is 2.52 bits per heavy atom. The van der Waals surface area contributed by atoms with Crippen LogP contribution in [-0.2, 0) is 14.8 Å². The molecule has 1 aliphatic carbocycles. The van der Waals surface area contributed by atoms with Crippen molar-refractivity contribution in [1.29, 1.82) is 0 Å². The van der Waals surface area contributed by atoms with E-state index < -0.39 is 15.6 Å². The molecule has 1 amide bonds. The molecule has 0 aromatic heterocycles. The van der Waals surface area contributed by atoms with Crippen molar-refractivity contribution in [2.24, 2.45) is 5.73 Å². The number of carbonyl (C=O) groups excluding carboxylic acids is 1. The average molecular weight is 339 g/mol. The fourth-order valence-corrected chi connectivity index (χ4v) is 3.69. The van der Waals surface area contributed by atoms with Gasteiger partial charge in [-0.05, 0) is 44.5 Å². The molecule has 0 radical (unpaired) electrons. The molecule has 1 fully saturated rings. The minimum atomic E-state index is -3.50. The molecule has 1 aromatic rings. The van der Waals surface area contributed by atoms with Crippen LogP contribution in [0.15, 0.2) is 29.2 Å². The minimum Gasteiger partial charge on any atom is -0.348 e. The second-order valence-corrected chi connectivity index (χ2v) is 8.08. The summed E-state index contributed by atoms with van der Waals surface area (Å²) < 4.78 is 26.0. The standard InChI is InChI=1S/C16H25N3O3S/c1-12(19-15(20)16(17)9-4-3-5-10-16)13-7-6-8-14(11-13)23(21,22)18-2/h6-8,11-12,18H,3-5,9-10,17H2,1-2H3,(H,19,20). The first-order valence-corrected chi connectivity index (χ1v) is 9.40. The molecule has 4 N–H and O–H groups in total. The monoisotopic (exact) mass is 339 g/mol. The van der Waals surface area contributed by atoms with Crippen LogP contribution in [0.4, 0.5) is 0 Å². The average Bonchev–Trinajstić information content (AvgIpc) is 2.55. The Balaban J connectivity index is 2.13. The Morgan fingerprint density at radius 2 is 1.91 bits per heavy atom. The lowest BCUT2D eigenvalue weighted by Crippen LogP contribution is -2.55. The lowest BCUT2D eigenvalue weighted by atomic mass is 9.81. The van der Waals surface area contributed by atoms with Gasteiger partial charge in [0, 0.05) is 0 Å². The highest BCUT2D eigenvalue weighted by atomic mass is 32.2. The smallest absolute Gasteiger partial charge is 0.240 e. The number of benzene rings is 1. The number of hydrogen-bond donors (Lipinski definition) is 3. The molecule has 0 bridgehead atoms. The van der Waals surface area contributed by atoms with Crippen molar-refractivity contribution in [2.45, 2.75) is 55.5 Å². The van der Waals surface area contributed by atoms with Crippen molar-refractivity contribution in [3.8, 4) is 0 Å². The lowest BCUT2D eigenvalue weighted by Gasteiger charge is -2.33. The number of nitrogens with two attached hydrogens (primary N) is 1. The summed E-state index contributed by atoms with van der Waals surface area (Å²) >= 11 is 0. The molecule has 1 saturated carbocycles. The highest BCUT2D eigenvalue weighted by Crippen LogP contribution is 2.27. The van der Waals surface area contributed by atoms with Crippen LogP contribution in [-0.4, -0.2) is 26.9 Å². The molecule has 0 aliphatic heterocycles. The molecular formula is C16H25N3O3S. The number of carbonyl (C=O) groups is 1. The molecule has 0 spiro atoms. The van der Waals surface area contributed by atoms with E-state index in [4.69, 9.17) is 5.73 Å². The van der Waals surface area contributed by atoms with Crippen LogP contribution in [0.5, 0.6) is 0 Å². The Bertz CT molecular complexity index is 667. The highest BCUT2D eigenvalue weighted by molar-refractivity contribution is 7.89. The van der Waals surface area contributed by atoms with Gasteiger partial charge < -0.3 is 11.1 Å². The van der Waals surface area contributed by atoms with Gasteiger partial charge in [-0.2, -0.15) is 0 Å². The lowest BCUT2D eigenvalue weighted by molar-refractivity contribution is -0.128. The van der Waals surface area contributed by atoms with Gasteiger partial charge in [-0.3, -0.25) is 4.79 Å². The summed E-state index contributed by atoms with van der Waals surface area (Å²) in [5.41, 5.74) is 6.16. The number of rotatable bonds is 5. The molecule has 1 unspecified atom stereocenters. The van der Waals surface area contributed by atoms with E-state index in [1.54, 1.807) is 18.2 Å². The van der Waals surface area contributed by atoms with Gasteiger partial charge in [0.2, 0.25) is 15.9 Å². The normalized spacial score (nSPS) is 19.1. The van der Waals surface area contributed by atoms with Gasteiger partial charge in [-0.15, -0.1) is 0 Å². The van der Waals surface area contributed by atoms with Gasteiger partial charge in [0.15, 0.2) is 0 Å². The Labute approximate surface area is 137 Å². The Hall–Kier alpha value is -1.44. The summed E-state index contributed by atoms with van der Waals surface area (Å²) in [4.78, 5) is 12.7. The van der Waals surface area contributed by atoms with E-state index in [0.29, 0.717) is 12.8 Å². The SMILES string of the molecule is CNS(=O)(=O)c1cccc(C(C)NC(=O)C2(N)CCCCC2)c1. The van der Waals surface area contributed by atoms with E-state index in [1.165, 1.54) is 13.1 Å².